The standard InChI is InChI=1S/C16H24BrN3.3ClH/c17-15-1-3-16(4-2-15)20-11-9-19(10-12-20)13-14-5-7-18-8-6-14;;;/h1-4,14,18H,5-13H2;3*1H. The zero-order valence-electron chi connectivity index (χ0n) is 13.2. The highest BCUT2D eigenvalue weighted by Gasteiger charge is 2.21. The van der Waals surface area contributed by atoms with Crippen LogP contribution in [0.2, 0.25) is 0 Å². The summed E-state index contributed by atoms with van der Waals surface area (Å²) in [5.41, 5.74) is 1.36. The van der Waals surface area contributed by atoms with Crippen molar-refractivity contribution in [1.29, 1.82) is 0 Å². The van der Waals surface area contributed by atoms with Crippen LogP contribution in [0.1, 0.15) is 12.8 Å². The first kappa shape index (κ1) is 23.3. The Hall–Kier alpha value is 0.290. The van der Waals surface area contributed by atoms with Crippen LogP contribution in [-0.4, -0.2) is 50.7 Å². The number of halogens is 4. The van der Waals surface area contributed by atoms with Crippen molar-refractivity contribution in [2.24, 2.45) is 5.92 Å². The Morgan fingerprint density at radius 2 is 1.48 bits per heavy atom. The molecule has 0 amide bonds. The molecule has 2 saturated heterocycles. The van der Waals surface area contributed by atoms with E-state index in [4.69, 9.17) is 0 Å². The molecule has 2 aliphatic heterocycles. The van der Waals surface area contributed by atoms with Crippen molar-refractivity contribution in [2.75, 3.05) is 50.7 Å². The fourth-order valence-corrected chi connectivity index (χ4v) is 3.53. The maximum atomic E-state index is 3.50. The van der Waals surface area contributed by atoms with Gasteiger partial charge in [-0.25, -0.2) is 0 Å². The van der Waals surface area contributed by atoms with Gasteiger partial charge in [-0.05, 0) is 56.1 Å². The van der Waals surface area contributed by atoms with E-state index in [1.54, 1.807) is 0 Å². The van der Waals surface area contributed by atoms with Gasteiger partial charge < -0.3 is 10.2 Å². The summed E-state index contributed by atoms with van der Waals surface area (Å²) in [5, 5.41) is 3.45. The zero-order valence-corrected chi connectivity index (χ0v) is 17.3. The van der Waals surface area contributed by atoms with Gasteiger partial charge in [-0.3, -0.25) is 4.90 Å². The van der Waals surface area contributed by atoms with Gasteiger partial charge in [0.2, 0.25) is 0 Å². The minimum absolute atomic E-state index is 0. The molecule has 7 heteroatoms. The number of piperidine rings is 1. The van der Waals surface area contributed by atoms with Gasteiger partial charge in [0.1, 0.15) is 0 Å². The van der Waals surface area contributed by atoms with Crippen molar-refractivity contribution in [3.8, 4) is 0 Å². The van der Waals surface area contributed by atoms with E-state index in [2.05, 4.69) is 55.3 Å². The Morgan fingerprint density at radius 1 is 0.913 bits per heavy atom. The van der Waals surface area contributed by atoms with Crippen molar-refractivity contribution in [3.05, 3.63) is 28.7 Å². The molecule has 1 aromatic carbocycles. The molecule has 2 aliphatic rings. The number of hydrogen-bond acceptors (Lipinski definition) is 3. The van der Waals surface area contributed by atoms with Crippen molar-refractivity contribution < 1.29 is 0 Å². The van der Waals surface area contributed by atoms with E-state index in [9.17, 15) is 0 Å². The second-order valence-electron chi connectivity index (χ2n) is 5.96. The van der Waals surface area contributed by atoms with E-state index in [0.29, 0.717) is 0 Å². The Kier molecular flexibility index (Phi) is 11.9. The molecule has 0 atom stereocenters. The number of hydrogen-bond donors (Lipinski definition) is 1. The maximum absolute atomic E-state index is 3.50. The van der Waals surface area contributed by atoms with Gasteiger partial charge >= 0.3 is 0 Å². The second kappa shape index (κ2) is 11.8. The van der Waals surface area contributed by atoms with E-state index in [1.807, 2.05) is 0 Å². The predicted octanol–water partition coefficient (Wildman–Crippen LogP) is 3.84. The number of anilines is 1. The summed E-state index contributed by atoms with van der Waals surface area (Å²) in [7, 11) is 0. The van der Waals surface area contributed by atoms with E-state index in [-0.39, 0.29) is 37.2 Å². The number of benzene rings is 1. The number of nitrogens with zero attached hydrogens (tertiary/aromatic N) is 2. The number of piperazine rings is 1. The van der Waals surface area contributed by atoms with Crippen LogP contribution < -0.4 is 10.2 Å². The molecule has 1 N–H and O–H groups in total. The second-order valence-corrected chi connectivity index (χ2v) is 6.87. The molecule has 0 radical (unpaired) electrons. The maximum Gasteiger partial charge on any atom is 0.0367 e. The quantitative estimate of drug-likeness (QED) is 0.760. The molecule has 0 aliphatic carbocycles. The van der Waals surface area contributed by atoms with Gasteiger partial charge in [0.25, 0.3) is 0 Å². The third-order valence-electron chi connectivity index (χ3n) is 4.54. The third kappa shape index (κ3) is 6.97. The number of nitrogens with one attached hydrogen (secondary N) is 1. The molecule has 2 fully saturated rings. The fraction of sp³-hybridized carbons (Fsp3) is 0.625. The van der Waals surface area contributed by atoms with Crippen LogP contribution in [-0.2, 0) is 0 Å². The summed E-state index contributed by atoms with van der Waals surface area (Å²) in [6, 6.07) is 8.70. The molecule has 134 valence electrons. The van der Waals surface area contributed by atoms with Crippen LogP contribution in [0.25, 0.3) is 0 Å². The third-order valence-corrected chi connectivity index (χ3v) is 5.07. The van der Waals surface area contributed by atoms with Gasteiger partial charge in [0.05, 0.1) is 0 Å². The summed E-state index contributed by atoms with van der Waals surface area (Å²) < 4.78 is 1.16. The summed E-state index contributed by atoms with van der Waals surface area (Å²) in [6.07, 6.45) is 2.71. The van der Waals surface area contributed by atoms with Crippen molar-refractivity contribution >= 4 is 58.8 Å². The Balaban J connectivity index is 0.00000161. The molecule has 3 nitrogen and oxygen atoms in total. The van der Waals surface area contributed by atoms with E-state index >= 15 is 0 Å². The molecule has 1 aromatic rings. The van der Waals surface area contributed by atoms with Crippen LogP contribution in [0.3, 0.4) is 0 Å². The minimum Gasteiger partial charge on any atom is -0.369 e. The first-order valence-electron chi connectivity index (χ1n) is 7.75. The van der Waals surface area contributed by atoms with Gasteiger partial charge in [0, 0.05) is 42.9 Å². The first-order chi connectivity index (χ1) is 9.81. The molecule has 0 spiro atoms. The van der Waals surface area contributed by atoms with Crippen molar-refractivity contribution in [2.45, 2.75) is 12.8 Å². The molecule has 23 heavy (non-hydrogen) atoms. The molecule has 0 saturated carbocycles. The SMILES string of the molecule is Brc1ccc(N2CCN(CC3CCNCC3)CC2)cc1.Cl.Cl.Cl. The molecule has 0 bridgehead atoms. The monoisotopic (exact) mass is 445 g/mol. The van der Waals surface area contributed by atoms with E-state index in [0.717, 1.165) is 23.5 Å². The van der Waals surface area contributed by atoms with E-state index in [1.165, 1.54) is 51.3 Å². The van der Waals surface area contributed by atoms with Crippen LogP contribution >= 0.6 is 53.2 Å². The van der Waals surface area contributed by atoms with Gasteiger partial charge in [-0.1, -0.05) is 15.9 Å². The summed E-state index contributed by atoms with van der Waals surface area (Å²) in [4.78, 5) is 5.16. The molecule has 3 rings (SSSR count). The number of rotatable bonds is 3. The lowest BCUT2D eigenvalue weighted by atomic mass is 9.97. The summed E-state index contributed by atoms with van der Waals surface area (Å²) in [6.45, 7) is 8.46. The normalized spacial score (nSPS) is 19.3. The minimum atomic E-state index is 0. The lowest BCUT2D eigenvalue weighted by molar-refractivity contribution is 0.196. The largest absolute Gasteiger partial charge is 0.369 e. The molecular weight excluding hydrogens is 420 g/mol. The average Bonchev–Trinajstić information content (AvgIpc) is 2.50. The van der Waals surface area contributed by atoms with Gasteiger partial charge in [-0.2, -0.15) is 0 Å². The Bertz CT molecular complexity index is 419. The van der Waals surface area contributed by atoms with E-state index < -0.39 is 0 Å². The highest BCUT2D eigenvalue weighted by atomic mass is 79.9. The smallest absolute Gasteiger partial charge is 0.0367 e. The van der Waals surface area contributed by atoms with Gasteiger partial charge in [0.15, 0.2) is 0 Å². The van der Waals surface area contributed by atoms with Crippen LogP contribution in [0.5, 0.6) is 0 Å². The van der Waals surface area contributed by atoms with Gasteiger partial charge in [-0.15, -0.1) is 37.2 Å². The average molecular weight is 448 g/mol. The Labute approximate surface area is 166 Å². The van der Waals surface area contributed by atoms with Crippen molar-refractivity contribution in [3.63, 3.8) is 0 Å². The van der Waals surface area contributed by atoms with Crippen LogP contribution in [0.15, 0.2) is 28.7 Å². The molecule has 0 aromatic heterocycles. The summed E-state index contributed by atoms with van der Waals surface area (Å²) >= 11 is 3.50. The topological polar surface area (TPSA) is 18.5 Å². The fourth-order valence-electron chi connectivity index (χ4n) is 3.27. The first-order valence-corrected chi connectivity index (χ1v) is 8.54. The predicted molar refractivity (Wildman–Crippen MR) is 110 cm³/mol. The molecular formula is C16H27BrCl3N3. The highest BCUT2D eigenvalue weighted by molar-refractivity contribution is 9.10. The molecule has 2 heterocycles. The lowest BCUT2D eigenvalue weighted by Crippen LogP contribution is -2.48. The van der Waals surface area contributed by atoms with Crippen molar-refractivity contribution in [1.82, 2.24) is 10.2 Å². The van der Waals surface area contributed by atoms with Crippen LogP contribution in [0, 0.1) is 5.92 Å². The summed E-state index contributed by atoms with van der Waals surface area (Å²) in [5.74, 6) is 0.912. The zero-order chi connectivity index (χ0) is 13.8. The Morgan fingerprint density at radius 3 is 2.04 bits per heavy atom. The lowest BCUT2D eigenvalue weighted by Gasteiger charge is -2.38. The molecule has 0 unspecified atom stereocenters. The highest BCUT2D eigenvalue weighted by Crippen LogP contribution is 2.21. The van der Waals surface area contributed by atoms with Crippen LogP contribution in [0.4, 0.5) is 5.69 Å².